The molecule has 0 aliphatic carbocycles. The second-order valence-corrected chi connectivity index (χ2v) is 4.07. The number of hydrogen-bond acceptors (Lipinski definition) is 3. The first-order valence-electron chi connectivity index (χ1n) is 5.66. The zero-order valence-electron chi connectivity index (χ0n) is 10.1. The van der Waals surface area contributed by atoms with E-state index in [0.29, 0.717) is 0 Å². The van der Waals surface area contributed by atoms with Gasteiger partial charge in [-0.2, -0.15) is 0 Å². The van der Waals surface area contributed by atoms with E-state index in [1.54, 1.807) is 36.4 Å². The van der Waals surface area contributed by atoms with Crippen LogP contribution in [0.3, 0.4) is 0 Å². The van der Waals surface area contributed by atoms with Gasteiger partial charge in [0.15, 0.2) is 0 Å². The van der Waals surface area contributed by atoms with Gasteiger partial charge in [-0.15, -0.1) is 0 Å². The average Bonchev–Trinajstić information content (AvgIpc) is 2.39. The van der Waals surface area contributed by atoms with Gasteiger partial charge >= 0.3 is 0 Å². The number of phenols is 2. The van der Waals surface area contributed by atoms with Crippen LogP contribution in [0.5, 0.6) is 11.5 Å². The Morgan fingerprint density at radius 2 is 1.53 bits per heavy atom. The van der Waals surface area contributed by atoms with E-state index >= 15 is 0 Å². The van der Waals surface area contributed by atoms with Crippen LogP contribution < -0.4 is 5.73 Å². The number of nitrogens with two attached hydrogens (primary N) is 1. The first-order chi connectivity index (χ1) is 9.06. The fraction of sp³-hybridized carbons (Fsp3) is 0. The minimum Gasteiger partial charge on any atom is -0.508 e. The molecular weight excluding hydrogens is 242 g/mol. The maximum Gasteiger partial charge on any atom is 0.252 e. The minimum absolute atomic E-state index is 0.0906. The molecule has 0 spiro atoms. The van der Waals surface area contributed by atoms with E-state index in [9.17, 15) is 9.90 Å². The van der Waals surface area contributed by atoms with E-state index in [1.165, 1.54) is 12.1 Å². The summed E-state index contributed by atoms with van der Waals surface area (Å²) in [4.78, 5) is 11.1. The first-order valence-corrected chi connectivity index (χ1v) is 5.66. The number of aromatic hydroxyl groups is 2. The maximum atomic E-state index is 11.1. The van der Waals surface area contributed by atoms with E-state index in [0.717, 1.165) is 11.1 Å². The SMILES string of the molecule is NC(=O)c1cc(/C=C/c2ccc(O)cc2)ccc1O. The van der Waals surface area contributed by atoms with Gasteiger partial charge < -0.3 is 15.9 Å². The van der Waals surface area contributed by atoms with Gasteiger partial charge in [0.1, 0.15) is 11.5 Å². The summed E-state index contributed by atoms with van der Waals surface area (Å²) in [5, 5.41) is 18.6. The molecule has 1 amide bonds. The summed E-state index contributed by atoms with van der Waals surface area (Å²) >= 11 is 0. The quantitative estimate of drug-likeness (QED) is 0.736. The lowest BCUT2D eigenvalue weighted by Gasteiger charge is -2.01. The van der Waals surface area contributed by atoms with E-state index in [2.05, 4.69) is 0 Å². The lowest BCUT2D eigenvalue weighted by molar-refractivity contribution is 0.0997. The molecule has 4 nitrogen and oxygen atoms in total. The molecule has 0 saturated heterocycles. The van der Waals surface area contributed by atoms with Gasteiger partial charge in [0.05, 0.1) is 5.56 Å². The highest BCUT2D eigenvalue weighted by Gasteiger charge is 2.06. The molecule has 0 aliphatic heterocycles. The molecule has 4 N–H and O–H groups in total. The van der Waals surface area contributed by atoms with Crippen LogP contribution in [0, 0.1) is 0 Å². The summed E-state index contributed by atoms with van der Waals surface area (Å²) in [5.74, 6) is -0.593. The third kappa shape index (κ3) is 3.13. The number of carbonyl (C=O) groups excluding carboxylic acids is 1. The number of rotatable bonds is 3. The van der Waals surface area contributed by atoms with Gasteiger partial charge in [0, 0.05) is 0 Å². The molecule has 0 radical (unpaired) electrons. The van der Waals surface area contributed by atoms with Gasteiger partial charge in [-0.05, 0) is 35.4 Å². The number of benzene rings is 2. The maximum absolute atomic E-state index is 11.1. The number of amides is 1. The lowest BCUT2D eigenvalue weighted by atomic mass is 10.1. The van der Waals surface area contributed by atoms with Crippen molar-refractivity contribution in [2.75, 3.05) is 0 Å². The standard InChI is InChI=1S/C15H13NO3/c16-15(19)13-9-11(5-8-14(13)18)2-1-10-3-6-12(17)7-4-10/h1-9,17-18H,(H2,16,19)/b2-1+. The Labute approximate surface area is 110 Å². The molecule has 0 aromatic heterocycles. The van der Waals surface area contributed by atoms with Crippen LogP contribution in [-0.2, 0) is 0 Å². The lowest BCUT2D eigenvalue weighted by Crippen LogP contribution is -2.11. The second kappa shape index (κ2) is 5.27. The highest BCUT2D eigenvalue weighted by atomic mass is 16.3. The zero-order chi connectivity index (χ0) is 13.8. The molecule has 4 heteroatoms. The van der Waals surface area contributed by atoms with E-state index in [4.69, 9.17) is 10.8 Å². The summed E-state index contributed by atoms with van der Waals surface area (Å²) < 4.78 is 0. The topological polar surface area (TPSA) is 83.6 Å². The van der Waals surface area contributed by atoms with Gasteiger partial charge in [0.2, 0.25) is 0 Å². The largest absolute Gasteiger partial charge is 0.508 e. The van der Waals surface area contributed by atoms with Crippen molar-refractivity contribution in [2.45, 2.75) is 0 Å². The summed E-state index contributed by atoms with van der Waals surface area (Å²) in [5.41, 5.74) is 6.91. The average molecular weight is 255 g/mol. The molecule has 96 valence electrons. The molecule has 2 aromatic rings. The second-order valence-electron chi connectivity index (χ2n) is 4.07. The molecule has 0 atom stereocenters. The highest BCUT2D eigenvalue weighted by Crippen LogP contribution is 2.19. The Bertz CT molecular complexity index is 630. The number of phenolic OH excluding ortho intramolecular Hbond substituents is 1. The van der Waals surface area contributed by atoms with Crippen LogP contribution in [0.4, 0.5) is 0 Å². The predicted octanol–water partition coefficient (Wildman–Crippen LogP) is 2.37. The fourth-order valence-electron chi connectivity index (χ4n) is 1.63. The molecule has 2 rings (SSSR count). The fourth-order valence-corrected chi connectivity index (χ4v) is 1.63. The third-order valence-corrected chi connectivity index (χ3v) is 2.65. The van der Waals surface area contributed by atoms with Crippen LogP contribution in [-0.4, -0.2) is 16.1 Å². The highest BCUT2D eigenvalue weighted by molar-refractivity contribution is 5.96. The van der Waals surface area contributed by atoms with Gasteiger partial charge in [-0.25, -0.2) is 0 Å². The minimum atomic E-state index is -0.669. The normalized spacial score (nSPS) is 10.7. The van der Waals surface area contributed by atoms with Crippen LogP contribution in [0.25, 0.3) is 12.2 Å². The Morgan fingerprint density at radius 1 is 0.947 bits per heavy atom. The van der Waals surface area contributed by atoms with Gasteiger partial charge in [-0.1, -0.05) is 30.4 Å². The molecule has 0 heterocycles. The predicted molar refractivity (Wildman–Crippen MR) is 73.7 cm³/mol. The molecular formula is C15H13NO3. The summed E-state index contributed by atoms with van der Waals surface area (Å²) in [6.07, 6.45) is 3.62. The van der Waals surface area contributed by atoms with Crippen molar-refractivity contribution < 1.29 is 15.0 Å². The first kappa shape index (κ1) is 12.7. The Balaban J connectivity index is 2.26. The Kier molecular flexibility index (Phi) is 3.52. The van der Waals surface area contributed by atoms with Crippen molar-refractivity contribution in [3.05, 3.63) is 59.2 Å². The van der Waals surface area contributed by atoms with Crippen LogP contribution >= 0.6 is 0 Å². The molecule has 0 fully saturated rings. The van der Waals surface area contributed by atoms with Crippen molar-refractivity contribution in [1.29, 1.82) is 0 Å². The van der Waals surface area contributed by atoms with Crippen molar-refractivity contribution in [3.8, 4) is 11.5 Å². The molecule has 0 saturated carbocycles. The summed E-state index contributed by atoms with van der Waals surface area (Å²) in [6.45, 7) is 0. The van der Waals surface area contributed by atoms with E-state index in [-0.39, 0.29) is 17.1 Å². The van der Waals surface area contributed by atoms with Crippen molar-refractivity contribution in [3.63, 3.8) is 0 Å². The smallest absolute Gasteiger partial charge is 0.252 e. The van der Waals surface area contributed by atoms with E-state index in [1.807, 2.05) is 6.08 Å². The summed E-state index contributed by atoms with van der Waals surface area (Å²) in [7, 11) is 0. The van der Waals surface area contributed by atoms with Crippen LogP contribution in [0.15, 0.2) is 42.5 Å². The van der Waals surface area contributed by atoms with Crippen molar-refractivity contribution >= 4 is 18.1 Å². The number of primary amides is 1. The summed E-state index contributed by atoms with van der Waals surface area (Å²) in [6, 6.07) is 11.3. The number of carbonyl (C=O) groups is 1. The number of hydrogen-bond donors (Lipinski definition) is 3. The van der Waals surface area contributed by atoms with E-state index < -0.39 is 5.91 Å². The van der Waals surface area contributed by atoms with Gasteiger partial charge in [0.25, 0.3) is 5.91 Å². The zero-order valence-corrected chi connectivity index (χ0v) is 10.1. The van der Waals surface area contributed by atoms with Crippen LogP contribution in [0.2, 0.25) is 0 Å². The Morgan fingerprint density at radius 3 is 2.16 bits per heavy atom. The van der Waals surface area contributed by atoms with Crippen LogP contribution in [0.1, 0.15) is 21.5 Å². The molecule has 0 aliphatic rings. The molecule has 0 unspecified atom stereocenters. The van der Waals surface area contributed by atoms with Crippen molar-refractivity contribution in [2.24, 2.45) is 5.73 Å². The molecule has 0 bridgehead atoms. The van der Waals surface area contributed by atoms with Gasteiger partial charge in [-0.3, -0.25) is 4.79 Å². The van der Waals surface area contributed by atoms with Crippen molar-refractivity contribution in [1.82, 2.24) is 0 Å². The Hall–Kier alpha value is -2.75. The monoisotopic (exact) mass is 255 g/mol. The third-order valence-electron chi connectivity index (χ3n) is 2.65. The molecule has 2 aromatic carbocycles. The molecule has 19 heavy (non-hydrogen) atoms.